The van der Waals surface area contributed by atoms with Crippen LogP contribution in [0.5, 0.6) is 11.5 Å². The summed E-state index contributed by atoms with van der Waals surface area (Å²) in [4.78, 5) is 0. The maximum absolute atomic E-state index is 10.6. The molecule has 0 amide bonds. The van der Waals surface area contributed by atoms with E-state index in [9.17, 15) is 5.11 Å². The van der Waals surface area contributed by atoms with Crippen molar-refractivity contribution in [2.45, 2.75) is 71.8 Å². The van der Waals surface area contributed by atoms with Gasteiger partial charge in [0.05, 0.1) is 5.56 Å². The molecule has 2 aliphatic rings. The lowest BCUT2D eigenvalue weighted by Gasteiger charge is -2.36. The molecule has 2 heteroatoms. The van der Waals surface area contributed by atoms with E-state index in [0.29, 0.717) is 11.7 Å². The third kappa shape index (κ3) is 2.53. The Labute approximate surface area is 134 Å². The van der Waals surface area contributed by atoms with Crippen LogP contribution < -0.4 is 4.74 Å². The summed E-state index contributed by atoms with van der Waals surface area (Å²) in [6.45, 7) is 8.79. The highest BCUT2D eigenvalue weighted by Crippen LogP contribution is 2.53. The van der Waals surface area contributed by atoms with Gasteiger partial charge in [-0.15, -0.1) is 0 Å². The molecule has 0 saturated heterocycles. The number of hydrogen-bond acceptors (Lipinski definition) is 2. The summed E-state index contributed by atoms with van der Waals surface area (Å²) in [6, 6.07) is 4.10. The van der Waals surface area contributed by atoms with Crippen molar-refractivity contribution in [2.24, 2.45) is 5.92 Å². The summed E-state index contributed by atoms with van der Waals surface area (Å²) in [5.41, 5.74) is 4.61. The van der Waals surface area contributed by atoms with Gasteiger partial charge in [-0.1, -0.05) is 26.7 Å². The van der Waals surface area contributed by atoms with E-state index in [1.165, 1.54) is 36.0 Å². The average Bonchev–Trinajstić information content (AvgIpc) is 2.81. The Morgan fingerprint density at radius 2 is 2.05 bits per heavy atom. The molecule has 0 saturated carbocycles. The van der Waals surface area contributed by atoms with Crippen LogP contribution in [-0.2, 0) is 6.42 Å². The third-order valence-corrected chi connectivity index (χ3v) is 5.22. The first-order chi connectivity index (χ1) is 10.4. The van der Waals surface area contributed by atoms with Crippen LogP contribution in [-0.4, -0.2) is 10.7 Å². The van der Waals surface area contributed by atoms with Gasteiger partial charge in [-0.2, -0.15) is 0 Å². The van der Waals surface area contributed by atoms with E-state index in [-0.39, 0.29) is 5.60 Å². The first-order valence-electron chi connectivity index (χ1n) is 8.73. The van der Waals surface area contributed by atoms with E-state index in [4.69, 9.17) is 4.74 Å². The smallest absolute Gasteiger partial charge is 0.132 e. The molecule has 1 aliphatic carbocycles. The number of aromatic hydroxyl groups is 1. The van der Waals surface area contributed by atoms with Crippen LogP contribution >= 0.6 is 0 Å². The molecule has 2 nitrogen and oxygen atoms in total. The number of rotatable bonds is 4. The molecule has 120 valence electrons. The van der Waals surface area contributed by atoms with Crippen molar-refractivity contribution >= 4 is 5.57 Å². The van der Waals surface area contributed by atoms with Crippen LogP contribution in [0.3, 0.4) is 0 Å². The van der Waals surface area contributed by atoms with Crippen LogP contribution in [0.15, 0.2) is 17.7 Å². The van der Waals surface area contributed by atoms with Crippen LogP contribution in [0.4, 0.5) is 0 Å². The zero-order valence-corrected chi connectivity index (χ0v) is 14.3. The van der Waals surface area contributed by atoms with Crippen LogP contribution in [0.25, 0.3) is 5.57 Å². The first kappa shape index (κ1) is 15.5. The van der Waals surface area contributed by atoms with Gasteiger partial charge in [0, 0.05) is 0 Å². The molecule has 1 N–H and O–H groups in total. The Morgan fingerprint density at radius 3 is 2.77 bits per heavy atom. The van der Waals surface area contributed by atoms with Gasteiger partial charge in [-0.3, -0.25) is 0 Å². The molecule has 0 bridgehead atoms. The first-order valence-corrected chi connectivity index (χ1v) is 8.73. The Bertz CT molecular complexity index is 610. The fourth-order valence-corrected chi connectivity index (χ4v) is 4.03. The lowest BCUT2D eigenvalue weighted by molar-refractivity contribution is 0.141. The summed E-state index contributed by atoms with van der Waals surface area (Å²) in [6.07, 6.45) is 6.88. The fraction of sp³-hybridized carbons (Fsp3) is 0.600. The normalized spacial score (nSPS) is 22.3. The number of ether oxygens (including phenoxy) is 1. The van der Waals surface area contributed by atoms with Crippen molar-refractivity contribution < 1.29 is 9.84 Å². The molecular weight excluding hydrogens is 272 g/mol. The number of phenols is 1. The highest BCUT2D eigenvalue weighted by molar-refractivity contribution is 5.83. The second-order valence-electron chi connectivity index (χ2n) is 7.39. The van der Waals surface area contributed by atoms with Gasteiger partial charge in [-0.05, 0) is 74.3 Å². The van der Waals surface area contributed by atoms with Crippen molar-refractivity contribution in [3.8, 4) is 11.5 Å². The standard InChI is InChI=1S/C20H28O2/c1-5-6-7-8-14-11-16(21)19-17(12-14)22-20(3,4)15-10-9-13(2)18(15)19/h11-13,21H,5-10H2,1-4H3. The van der Waals surface area contributed by atoms with Gasteiger partial charge in [-0.25, -0.2) is 0 Å². The fourth-order valence-electron chi connectivity index (χ4n) is 4.03. The molecule has 3 rings (SSSR count). The van der Waals surface area contributed by atoms with E-state index in [1.54, 1.807) is 0 Å². The minimum absolute atomic E-state index is 0.248. The van der Waals surface area contributed by atoms with Gasteiger partial charge in [0.2, 0.25) is 0 Å². The third-order valence-electron chi connectivity index (χ3n) is 5.22. The number of aryl methyl sites for hydroxylation is 1. The van der Waals surface area contributed by atoms with Gasteiger partial charge in [0.25, 0.3) is 0 Å². The molecule has 1 aromatic rings. The molecule has 1 aliphatic heterocycles. The minimum Gasteiger partial charge on any atom is -0.507 e. The molecule has 0 spiro atoms. The van der Waals surface area contributed by atoms with Gasteiger partial charge < -0.3 is 9.84 Å². The quantitative estimate of drug-likeness (QED) is 0.746. The molecule has 1 unspecified atom stereocenters. The van der Waals surface area contributed by atoms with E-state index in [1.807, 2.05) is 6.07 Å². The van der Waals surface area contributed by atoms with Gasteiger partial charge >= 0.3 is 0 Å². The molecule has 1 atom stereocenters. The summed E-state index contributed by atoms with van der Waals surface area (Å²) < 4.78 is 6.29. The molecule has 0 aromatic heterocycles. The zero-order valence-electron chi connectivity index (χ0n) is 14.3. The number of hydrogen-bond donors (Lipinski definition) is 1. The summed E-state index contributed by atoms with van der Waals surface area (Å²) in [5.74, 6) is 1.79. The monoisotopic (exact) mass is 300 g/mol. The topological polar surface area (TPSA) is 29.5 Å². The zero-order chi connectivity index (χ0) is 15.9. The number of fused-ring (bicyclic) bond motifs is 2. The summed E-state index contributed by atoms with van der Waals surface area (Å²) in [7, 11) is 0. The SMILES string of the molecule is CCCCCc1cc(O)c2c(c1)OC(C)(C)C1=C2C(C)CC1. The number of phenolic OH excluding ortho intramolecular Hbond substituents is 1. The highest BCUT2D eigenvalue weighted by atomic mass is 16.5. The second kappa shape index (κ2) is 5.64. The molecule has 0 radical (unpaired) electrons. The van der Waals surface area contributed by atoms with Gasteiger partial charge in [0.1, 0.15) is 17.1 Å². The second-order valence-corrected chi connectivity index (χ2v) is 7.39. The van der Waals surface area contributed by atoms with Gasteiger partial charge in [0.15, 0.2) is 0 Å². The van der Waals surface area contributed by atoms with Crippen LogP contribution in [0.2, 0.25) is 0 Å². The Balaban J connectivity index is 2.02. The Kier molecular flexibility index (Phi) is 3.96. The van der Waals surface area contributed by atoms with Crippen molar-refractivity contribution in [3.63, 3.8) is 0 Å². The summed E-state index contributed by atoms with van der Waals surface area (Å²) >= 11 is 0. The van der Waals surface area contributed by atoms with Crippen molar-refractivity contribution in [3.05, 3.63) is 28.8 Å². The molecule has 0 fully saturated rings. The van der Waals surface area contributed by atoms with E-state index >= 15 is 0 Å². The van der Waals surface area contributed by atoms with Crippen LogP contribution in [0.1, 0.15) is 70.9 Å². The van der Waals surface area contributed by atoms with E-state index in [2.05, 4.69) is 33.8 Å². The van der Waals surface area contributed by atoms with Crippen molar-refractivity contribution in [2.75, 3.05) is 0 Å². The largest absolute Gasteiger partial charge is 0.507 e. The summed E-state index contributed by atoms with van der Waals surface area (Å²) in [5, 5.41) is 10.6. The number of allylic oxidation sites excluding steroid dienone is 1. The van der Waals surface area contributed by atoms with Crippen LogP contribution in [0, 0.1) is 5.92 Å². The Morgan fingerprint density at radius 1 is 1.27 bits per heavy atom. The highest BCUT2D eigenvalue weighted by Gasteiger charge is 2.41. The molecule has 22 heavy (non-hydrogen) atoms. The van der Waals surface area contributed by atoms with E-state index < -0.39 is 0 Å². The molecule has 1 aromatic carbocycles. The van der Waals surface area contributed by atoms with Crippen molar-refractivity contribution in [1.82, 2.24) is 0 Å². The molecule has 1 heterocycles. The average molecular weight is 300 g/mol. The maximum atomic E-state index is 10.6. The lowest BCUT2D eigenvalue weighted by Crippen LogP contribution is -2.33. The Hall–Kier alpha value is -1.44. The maximum Gasteiger partial charge on any atom is 0.132 e. The number of unbranched alkanes of at least 4 members (excludes halogenated alkanes) is 2. The lowest BCUT2D eigenvalue weighted by atomic mass is 9.84. The van der Waals surface area contributed by atoms with Crippen molar-refractivity contribution in [1.29, 1.82) is 0 Å². The number of benzene rings is 1. The predicted molar refractivity (Wildman–Crippen MR) is 91.4 cm³/mol. The van der Waals surface area contributed by atoms with E-state index in [0.717, 1.165) is 30.6 Å². The minimum atomic E-state index is -0.248. The molecular formula is C20H28O2. The predicted octanol–water partition coefficient (Wildman–Crippen LogP) is 5.48.